The fourth-order valence-corrected chi connectivity index (χ4v) is 2.91. The number of fused-ring (bicyclic) bond motifs is 1. The summed E-state index contributed by atoms with van der Waals surface area (Å²) in [5.41, 5.74) is 4.94. The van der Waals surface area contributed by atoms with E-state index in [0.29, 0.717) is 16.6 Å². The number of benzene rings is 2. The van der Waals surface area contributed by atoms with E-state index in [4.69, 9.17) is 0 Å². The molecule has 0 aliphatic heterocycles. The van der Waals surface area contributed by atoms with E-state index >= 15 is 0 Å². The number of halogens is 1. The molecule has 2 heterocycles. The molecule has 4 rings (SSSR count). The molecule has 0 bridgehead atoms. The molecule has 8 heteroatoms. The van der Waals surface area contributed by atoms with Gasteiger partial charge in [-0.1, -0.05) is 33.6 Å². The van der Waals surface area contributed by atoms with Crippen molar-refractivity contribution < 1.29 is 4.79 Å². The van der Waals surface area contributed by atoms with E-state index in [-0.39, 0.29) is 0 Å². The van der Waals surface area contributed by atoms with Crippen LogP contribution in [-0.4, -0.2) is 25.3 Å². The van der Waals surface area contributed by atoms with Gasteiger partial charge in [0, 0.05) is 10.0 Å². The summed E-state index contributed by atoms with van der Waals surface area (Å²) < 4.78 is 3.52. The average Bonchev–Trinajstić information content (AvgIpc) is 3.10. The number of hydrogen-bond donors (Lipinski definition) is 1. The van der Waals surface area contributed by atoms with Crippen molar-refractivity contribution in [3.8, 4) is 5.69 Å². The highest BCUT2D eigenvalue weighted by Gasteiger charge is 2.13. The van der Waals surface area contributed by atoms with E-state index in [2.05, 4.69) is 31.4 Å². The van der Waals surface area contributed by atoms with Gasteiger partial charge in [-0.2, -0.15) is 5.10 Å². The number of nitrogens with one attached hydrogen (secondary N) is 1. The highest BCUT2D eigenvalue weighted by Crippen LogP contribution is 2.14. The SMILES string of the molecule is Cc1ccc(-n2ncc3c(=O)n(NC(=O)c4ccc(Br)cc4)cnc32)cc1. The minimum atomic E-state index is -0.406. The van der Waals surface area contributed by atoms with Crippen molar-refractivity contribution in [2.45, 2.75) is 6.92 Å². The largest absolute Gasteiger partial charge is 0.283 e. The number of carbonyl (C=O) groups is 1. The molecule has 0 fully saturated rings. The van der Waals surface area contributed by atoms with Crippen LogP contribution in [0.1, 0.15) is 15.9 Å². The molecular formula is C19H14BrN5O2. The lowest BCUT2D eigenvalue weighted by Gasteiger charge is -2.08. The van der Waals surface area contributed by atoms with Crippen LogP contribution in [-0.2, 0) is 0 Å². The average molecular weight is 424 g/mol. The zero-order valence-corrected chi connectivity index (χ0v) is 15.8. The van der Waals surface area contributed by atoms with Gasteiger partial charge in [0.25, 0.3) is 11.5 Å². The summed E-state index contributed by atoms with van der Waals surface area (Å²) in [4.78, 5) is 29.3. The van der Waals surface area contributed by atoms with E-state index in [9.17, 15) is 9.59 Å². The number of aromatic nitrogens is 4. The maximum atomic E-state index is 12.7. The first-order valence-electron chi connectivity index (χ1n) is 8.12. The van der Waals surface area contributed by atoms with Crippen LogP contribution in [0.3, 0.4) is 0 Å². The van der Waals surface area contributed by atoms with Gasteiger partial charge in [-0.05, 0) is 43.3 Å². The molecule has 0 aliphatic carbocycles. The Morgan fingerprint density at radius 2 is 1.78 bits per heavy atom. The molecule has 0 atom stereocenters. The van der Waals surface area contributed by atoms with E-state index in [1.807, 2.05) is 31.2 Å². The third kappa shape index (κ3) is 3.26. The first kappa shape index (κ1) is 17.2. The minimum Gasteiger partial charge on any atom is -0.267 e. The Morgan fingerprint density at radius 1 is 1.07 bits per heavy atom. The lowest BCUT2D eigenvalue weighted by Crippen LogP contribution is -2.33. The van der Waals surface area contributed by atoms with Crippen molar-refractivity contribution in [2.75, 3.05) is 5.43 Å². The van der Waals surface area contributed by atoms with Gasteiger partial charge in [0.1, 0.15) is 11.7 Å². The van der Waals surface area contributed by atoms with Crippen molar-refractivity contribution in [2.24, 2.45) is 0 Å². The van der Waals surface area contributed by atoms with Gasteiger partial charge in [0.05, 0.1) is 11.9 Å². The van der Waals surface area contributed by atoms with Crippen molar-refractivity contribution in [3.63, 3.8) is 0 Å². The van der Waals surface area contributed by atoms with Crippen LogP contribution < -0.4 is 11.0 Å². The van der Waals surface area contributed by atoms with E-state index in [1.165, 1.54) is 12.5 Å². The standard InChI is InChI=1S/C19H14BrN5O2/c1-12-2-8-15(9-3-12)25-17-16(10-22-25)19(27)24(11-21-17)23-18(26)13-4-6-14(20)7-5-13/h2-11H,1H3,(H,23,26). The van der Waals surface area contributed by atoms with E-state index in [0.717, 1.165) is 20.4 Å². The van der Waals surface area contributed by atoms with Gasteiger partial charge >= 0.3 is 0 Å². The molecular weight excluding hydrogens is 410 g/mol. The summed E-state index contributed by atoms with van der Waals surface area (Å²) in [6.07, 6.45) is 2.74. The summed E-state index contributed by atoms with van der Waals surface area (Å²) in [6.45, 7) is 2.00. The van der Waals surface area contributed by atoms with Gasteiger partial charge in [-0.15, -0.1) is 0 Å². The summed E-state index contributed by atoms with van der Waals surface area (Å²) in [6, 6.07) is 14.6. The molecule has 2 aromatic heterocycles. The van der Waals surface area contributed by atoms with Crippen LogP contribution in [0.2, 0.25) is 0 Å². The molecule has 0 aliphatic rings. The number of nitrogens with zero attached hydrogens (tertiary/aromatic N) is 4. The highest BCUT2D eigenvalue weighted by molar-refractivity contribution is 9.10. The van der Waals surface area contributed by atoms with Crippen LogP contribution in [0.25, 0.3) is 16.7 Å². The fraction of sp³-hybridized carbons (Fsp3) is 0.0526. The van der Waals surface area contributed by atoms with Crippen LogP contribution >= 0.6 is 15.9 Å². The maximum absolute atomic E-state index is 12.7. The molecule has 1 amide bonds. The Bertz CT molecular complexity index is 1190. The van der Waals surface area contributed by atoms with Crippen LogP contribution in [0.5, 0.6) is 0 Å². The monoisotopic (exact) mass is 423 g/mol. The predicted molar refractivity (Wildman–Crippen MR) is 106 cm³/mol. The first-order chi connectivity index (χ1) is 13.0. The van der Waals surface area contributed by atoms with Gasteiger partial charge in [0.2, 0.25) is 0 Å². The number of carbonyl (C=O) groups excluding carboxylic acids is 1. The predicted octanol–water partition coefficient (Wildman–Crippen LogP) is 3.04. The molecule has 134 valence electrons. The Morgan fingerprint density at radius 3 is 2.48 bits per heavy atom. The van der Waals surface area contributed by atoms with Crippen molar-refractivity contribution >= 4 is 32.9 Å². The number of rotatable bonds is 3. The molecule has 0 saturated carbocycles. The molecule has 0 spiro atoms. The van der Waals surface area contributed by atoms with E-state index < -0.39 is 11.5 Å². The van der Waals surface area contributed by atoms with Crippen molar-refractivity contribution in [1.82, 2.24) is 19.4 Å². The molecule has 2 aromatic carbocycles. The number of aryl methyl sites for hydroxylation is 1. The second-order valence-corrected chi connectivity index (χ2v) is 6.91. The van der Waals surface area contributed by atoms with Crippen LogP contribution in [0.15, 0.2) is 70.3 Å². The normalized spacial score (nSPS) is 10.9. The first-order valence-corrected chi connectivity index (χ1v) is 8.91. The summed E-state index contributed by atoms with van der Waals surface area (Å²) in [5, 5.41) is 4.58. The van der Waals surface area contributed by atoms with Crippen molar-refractivity contribution in [3.05, 3.63) is 87.0 Å². The molecule has 0 unspecified atom stereocenters. The Kier molecular flexibility index (Phi) is 4.33. The molecule has 4 aromatic rings. The zero-order chi connectivity index (χ0) is 19.0. The molecule has 0 radical (unpaired) electrons. The summed E-state index contributed by atoms with van der Waals surface area (Å²) >= 11 is 3.32. The van der Waals surface area contributed by atoms with Gasteiger partial charge in [-0.25, -0.2) is 14.3 Å². The molecule has 27 heavy (non-hydrogen) atoms. The number of amides is 1. The smallest absolute Gasteiger partial charge is 0.267 e. The Hall–Kier alpha value is -3.26. The molecule has 1 N–H and O–H groups in total. The Labute approximate surface area is 162 Å². The van der Waals surface area contributed by atoms with Gasteiger partial charge < -0.3 is 0 Å². The second kappa shape index (κ2) is 6.81. The quantitative estimate of drug-likeness (QED) is 0.548. The maximum Gasteiger partial charge on any atom is 0.283 e. The second-order valence-electron chi connectivity index (χ2n) is 6.00. The zero-order valence-electron chi connectivity index (χ0n) is 14.3. The van der Waals surface area contributed by atoms with Crippen LogP contribution in [0, 0.1) is 6.92 Å². The van der Waals surface area contributed by atoms with E-state index in [1.54, 1.807) is 28.9 Å². The summed E-state index contributed by atoms with van der Waals surface area (Å²) in [7, 11) is 0. The van der Waals surface area contributed by atoms with Gasteiger partial charge in [0.15, 0.2) is 5.65 Å². The molecule has 0 saturated heterocycles. The van der Waals surface area contributed by atoms with Crippen molar-refractivity contribution in [1.29, 1.82) is 0 Å². The lowest BCUT2D eigenvalue weighted by atomic mass is 10.2. The highest BCUT2D eigenvalue weighted by atomic mass is 79.9. The fourth-order valence-electron chi connectivity index (χ4n) is 2.64. The minimum absolute atomic E-state index is 0.314. The summed E-state index contributed by atoms with van der Waals surface area (Å²) in [5.74, 6) is -0.406. The number of hydrogen-bond acceptors (Lipinski definition) is 4. The van der Waals surface area contributed by atoms with Crippen LogP contribution in [0.4, 0.5) is 0 Å². The Balaban J connectivity index is 1.69. The third-order valence-corrected chi connectivity index (χ3v) is 4.62. The lowest BCUT2D eigenvalue weighted by molar-refractivity contribution is 0.101. The third-order valence-electron chi connectivity index (χ3n) is 4.10. The van der Waals surface area contributed by atoms with Gasteiger partial charge in [-0.3, -0.25) is 15.0 Å². The molecule has 7 nitrogen and oxygen atoms in total. The topological polar surface area (TPSA) is 81.8 Å².